The van der Waals surface area contributed by atoms with Crippen molar-refractivity contribution in [2.24, 2.45) is 10.7 Å². The number of aromatic nitrogens is 1. The Morgan fingerprint density at radius 3 is 2.55 bits per heavy atom. The Hall–Kier alpha value is -2.15. The second-order valence-electron chi connectivity index (χ2n) is 4.68. The third-order valence-electron chi connectivity index (χ3n) is 3.21. The van der Waals surface area contributed by atoms with E-state index in [0.717, 1.165) is 22.2 Å². The molecule has 1 aromatic heterocycles. The molecule has 22 heavy (non-hydrogen) atoms. The van der Waals surface area contributed by atoms with E-state index in [1.54, 1.807) is 6.20 Å². The van der Waals surface area contributed by atoms with Gasteiger partial charge in [0, 0.05) is 17.3 Å². The van der Waals surface area contributed by atoms with Gasteiger partial charge in [-0.15, -0.1) is 24.0 Å². The van der Waals surface area contributed by atoms with Crippen molar-refractivity contribution in [3.8, 4) is 0 Å². The number of aliphatic imine (C=N–C) groups is 1. The van der Waals surface area contributed by atoms with Crippen LogP contribution in [0, 0.1) is 0 Å². The van der Waals surface area contributed by atoms with E-state index in [4.69, 9.17) is 5.73 Å². The van der Waals surface area contributed by atoms with Crippen LogP contribution in [0.4, 0.5) is 5.69 Å². The SMILES string of the molecule is I.NC(=NCc1ccnc2ccccc12)Nc1ccccc1. The standard InChI is InChI=1S/C17H16N4.HI/c18-17(21-14-6-2-1-3-7-14)20-12-13-10-11-19-16-9-5-4-8-15(13)16;/h1-11H,12H2,(H3,18,20,21);1H. The number of anilines is 1. The monoisotopic (exact) mass is 404 g/mol. The molecule has 0 fully saturated rings. The van der Waals surface area contributed by atoms with Crippen LogP contribution in [0.25, 0.3) is 10.9 Å². The lowest BCUT2D eigenvalue weighted by Crippen LogP contribution is -2.22. The molecule has 0 saturated heterocycles. The minimum Gasteiger partial charge on any atom is -0.370 e. The molecule has 4 nitrogen and oxygen atoms in total. The minimum absolute atomic E-state index is 0. The van der Waals surface area contributed by atoms with Crippen molar-refractivity contribution in [3.05, 3.63) is 72.4 Å². The molecule has 3 N–H and O–H groups in total. The number of nitrogens with two attached hydrogens (primary N) is 1. The number of para-hydroxylation sites is 2. The van der Waals surface area contributed by atoms with Crippen LogP contribution >= 0.6 is 24.0 Å². The Labute approximate surface area is 146 Å². The number of hydrogen-bond acceptors (Lipinski definition) is 2. The number of benzene rings is 2. The molecular formula is C17H17IN4. The molecule has 0 atom stereocenters. The van der Waals surface area contributed by atoms with E-state index in [2.05, 4.69) is 15.3 Å². The summed E-state index contributed by atoms with van der Waals surface area (Å²) < 4.78 is 0. The van der Waals surface area contributed by atoms with Gasteiger partial charge in [0.15, 0.2) is 5.96 Å². The van der Waals surface area contributed by atoms with E-state index >= 15 is 0 Å². The first-order valence-electron chi connectivity index (χ1n) is 6.77. The van der Waals surface area contributed by atoms with Crippen LogP contribution in [0.15, 0.2) is 71.9 Å². The lowest BCUT2D eigenvalue weighted by molar-refractivity contribution is 1.07. The topological polar surface area (TPSA) is 63.3 Å². The summed E-state index contributed by atoms with van der Waals surface area (Å²) in [5.41, 5.74) is 8.93. The predicted octanol–water partition coefficient (Wildman–Crippen LogP) is 3.78. The zero-order valence-corrected chi connectivity index (χ0v) is 14.3. The molecule has 0 aliphatic rings. The number of nitrogens with zero attached hydrogens (tertiary/aromatic N) is 2. The molecule has 1 heterocycles. The van der Waals surface area contributed by atoms with Gasteiger partial charge in [-0.05, 0) is 29.8 Å². The molecule has 2 aromatic carbocycles. The van der Waals surface area contributed by atoms with Crippen LogP contribution in [0.3, 0.4) is 0 Å². The highest BCUT2D eigenvalue weighted by molar-refractivity contribution is 14.0. The third kappa shape index (κ3) is 3.94. The second-order valence-corrected chi connectivity index (χ2v) is 4.68. The summed E-state index contributed by atoms with van der Waals surface area (Å²) in [5.74, 6) is 0.405. The number of hydrogen-bond donors (Lipinski definition) is 2. The van der Waals surface area contributed by atoms with E-state index in [9.17, 15) is 0 Å². The Morgan fingerprint density at radius 2 is 1.73 bits per heavy atom. The van der Waals surface area contributed by atoms with E-state index in [1.165, 1.54) is 0 Å². The third-order valence-corrected chi connectivity index (χ3v) is 3.21. The van der Waals surface area contributed by atoms with Crippen LogP contribution in [0.1, 0.15) is 5.56 Å². The van der Waals surface area contributed by atoms with Crippen molar-refractivity contribution >= 4 is 46.5 Å². The number of rotatable bonds is 3. The zero-order valence-electron chi connectivity index (χ0n) is 11.9. The highest BCUT2D eigenvalue weighted by Crippen LogP contribution is 2.16. The fourth-order valence-electron chi connectivity index (χ4n) is 2.17. The average Bonchev–Trinajstić information content (AvgIpc) is 2.54. The molecule has 112 valence electrons. The van der Waals surface area contributed by atoms with Crippen LogP contribution in [-0.4, -0.2) is 10.9 Å². The molecule has 0 spiro atoms. The van der Waals surface area contributed by atoms with E-state index < -0.39 is 0 Å². The maximum Gasteiger partial charge on any atom is 0.193 e. The number of halogens is 1. The van der Waals surface area contributed by atoms with Gasteiger partial charge in [0.1, 0.15) is 0 Å². The molecule has 0 radical (unpaired) electrons. The van der Waals surface area contributed by atoms with Gasteiger partial charge in [0.25, 0.3) is 0 Å². The summed E-state index contributed by atoms with van der Waals surface area (Å²) in [6.45, 7) is 0.523. The van der Waals surface area contributed by atoms with Gasteiger partial charge in [0.2, 0.25) is 0 Å². The lowest BCUT2D eigenvalue weighted by atomic mass is 10.1. The number of pyridine rings is 1. The molecule has 0 bridgehead atoms. The van der Waals surface area contributed by atoms with E-state index in [-0.39, 0.29) is 24.0 Å². The summed E-state index contributed by atoms with van der Waals surface area (Å²) in [7, 11) is 0. The van der Waals surface area contributed by atoms with Crippen molar-refractivity contribution in [3.63, 3.8) is 0 Å². The second kappa shape index (κ2) is 7.74. The summed E-state index contributed by atoms with van der Waals surface area (Å²) >= 11 is 0. The van der Waals surface area contributed by atoms with Crippen LogP contribution in [0.5, 0.6) is 0 Å². The van der Waals surface area contributed by atoms with Crippen molar-refractivity contribution in [2.45, 2.75) is 6.54 Å². The smallest absolute Gasteiger partial charge is 0.193 e. The van der Waals surface area contributed by atoms with Crippen LogP contribution in [-0.2, 0) is 6.54 Å². The first-order chi connectivity index (χ1) is 10.3. The van der Waals surface area contributed by atoms with E-state index in [1.807, 2.05) is 60.7 Å². The first kappa shape index (κ1) is 16.2. The lowest BCUT2D eigenvalue weighted by Gasteiger charge is -2.06. The van der Waals surface area contributed by atoms with Gasteiger partial charge < -0.3 is 11.1 Å². The molecule has 3 rings (SSSR count). The maximum absolute atomic E-state index is 5.92. The van der Waals surface area contributed by atoms with Crippen LogP contribution < -0.4 is 11.1 Å². The Kier molecular flexibility index (Phi) is 5.71. The summed E-state index contributed by atoms with van der Waals surface area (Å²) in [4.78, 5) is 8.74. The predicted molar refractivity (Wildman–Crippen MR) is 103 cm³/mol. The number of fused-ring (bicyclic) bond motifs is 1. The molecule has 0 saturated carbocycles. The zero-order chi connectivity index (χ0) is 14.5. The van der Waals surface area contributed by atoms with Gasteiger partial charge in [-0.3, -0.25) is 4.98 Å². The maximum atomic E-state index is 5.92. The quantitative estimate of drug-likeness (QED) is 0.397. The molecular weight excluding hydrogens is 387 g/mol. The number of guanidine groups is 1. The molecule has 3 aromatic rings. The fraction of sp³-hybridized carbons (Fsp3) is 0.0588. The molecule has 0 unspecified atom stereocenters. The largest absolute Gasteiger partial charge is 0.370 e. The first-order valence-corrected chi connectivity index (χ1v) is 6.77. The number of nitrogens with one attached hydrogen (secondary N) is 1. The van der Waals surface area contributed by atoms with Gasteiger partial charge >= 0.3 is 0 Å². The normalized spacial score (nSPS) is 11.0. The average molecular weight is 404 g/mol. The molecule has 5 heteroatoms. The van der Waals surface area contributed by atoms with Crippen molar-refractivity contribution in [1.29, 1.82) is 0 Å². The van der Waals surface area contributed by atoms with Gasteiger partial charge in [-0.1, -0.05) is 36.4 Å². The van der Waals surface area contributed by atoms with Gasteiger partial charge in [0.05, 0.1) is 12.1 Å². The minimum atomic E-state index is 0. The fourth-order valence-corrected chi connectivity index (χ4v) is 2.17. The van der Waals surface area contributed by atoms with Gasteiger partial charge in [-0.25, -0.2) is 4.99 Å². The summed E-state index contributed by atoms with van der Waals surface area (Å²) in [6, 6.07) is 19.8. The molecule has 0 aliphatic heterocycles. The Morgan fingerprint density at radius 1 is 1.00 bits per heavy atom. The van der Waals surface area contributed by atoms with Crippen LogP contribution in [0.2, 0.25) is 0 Å². The Balaban J connectivity index is 0.00000176. The highest BCUT2D eigenvalue weighted by atomic mass is 127. The van der Waals surface area contributed by atoms with Crippen molar-refractivity contribution in [1.82, 2.24) is 4.98 Å². The Bertz CT molecular complexity index is 766. The molecule has 0 amide bonds. The van der Waals surface area contributed by atoms with Crippen molar-refractivity contribution < 1.29 is 0 Å². The summed E-state index contributed by atoms with van der Waals surface area (Å²) in [5, 5.41) is 4.18. The van der Waals surface area contributed by atoms with E-state index in [0.29, 0.717) is 12.5 Å². The molecule has 0 aliphatic carbocycles. The highest BCUT2D eigenvalue weighted by Gasteiger charge is 2.01. The van der Waals surface area contributed by atoms with Crippen molar-refractivity contribution in [2.75, 3.05) is 5.32 Å². The summed E-state index contributed by atoms with van der Waals surface area (Å²) in [6.07, 6.45) is 1.80. The van der Waals surface area contributed by atoms with Gasteiger partial charge in [-0.2, -0.15) is 0 Å².